The molecule has 0 atom stereocenters. The molecular weight excluding hydrogens is 189 g/mol. The summed E-state index contributed by atoms with van der Waals surface area (Å²) < 4.78 is 0. The molecule has 0 unspecified atom stereocenters. The average molecular weight is 193 g/mol. The van der Waals surface area contributed by atoms with Gasteiger partial charge in [-0.25, -0.2) is 6.07 Å². The first-order valence-corrected chi connectivity index (χ1v) is 2.17. The van der Waals surface area contributed by atoms with E-state index in [1.54, 1.807) is 18.3 Å². The van der Waals surface area contributed by atoms with Crippen molar-refractivity contribution in [2.24, 2.45) is 4.99 Å². The predicted octanol–water partition coefficient (Wildman–Crippen LogP) is 1.09. The maximum Gasteiger partial charge on any atom is 0 e. The van der Waals surface area contributed by atoms with Gasteiger partial charge >= 0.3 is 0 Å². The van der Waals surface area contributed by atoms with Gasteiger partial charge in [-0.3, -0.25) is 0 Å². The summed E-state index contributed by atoms with van der Waals surface area (Å²) in [6.45, 7) is 4.90. The Morgan fingerprint density at radius 2 is 2.44 bits per heavy atom. The fraction of sp³-hybridized carbons (Fsp3) is 0. The second-order valence-electron chi connectivity index (χ2n) is 1.26. The second kappa shape index (κ2) is 4.77. The molecule has 0 aliphatic carbocycles. The molecule has 3 heteroatoms. The number of hydrogen-bond acceptors (Lipinski definition) is 2. The number of aromatic nitrogens is 1. The molecular formula is C6H4N2Y-2. The maximum absolute atomic E-state index is 4.90. The van der Waals surface area contributed by atoms with E-state index in [1.165, 1.54) is 0 Å². The molecule has 2 nitrogen and oxygen atoms in total. The van der Waals surface area contributed by atoms with Crippen LogP contribution in [0.5, 0.6) is 0 Å². The van der Waals surface area contributed by atoms with Gasteiger partial charge in [-0.05, 0) is 0 Å². The minimum absolute atomic E-state index is 0. The zero-order valence-corrected chi connectivity index (χ0v) is 7.62. The van der Waals surface area contributed by atoms with E-state index in [9.17, 15) is 0 Å². The standard InChI is InChI=1S/C6H4N2.Y/c1-7-6-3-2-4-8-5-6;/h1-4H;/q-2;. The van der Waals surface area contributed by atoms with Crippen molar-refractivity contribution < 1.29 is 32.7 Å². The minimum Gasteiger partial charge on any atom is -0.484 e. The van der Waals surface area contributed by atoms with Gasteiger partial charge in [0.15, 0.2) is 0 Å². The van der Waals surface area contributed by atoms with Crippen LogP contribution >= 0.6 is 0 Å². The van der Waals surface area contributed by atoms with Crippen LogP contribution in [0.2, 0.25) is 0 Å². The van der Waals surface area contributed by atoms with E-state index in [0.29, 0.717) is 5.69 Å². The van der Waals surface area contributed by atoms with E-state index in [-0.39, 0.29) is 32.7 Å². The molecule has 1 rings (SSSR count). The number of hydrogen-bond donors (Lipinski definition) is 0. The van der Waals surface area contributed by atoms with Crippen LogP contribution in [0.15, 0.2) is 23.3 Å². The fourth-order valence-corrected chi connectivity index (χ4v) is 0.390. The van der Waals surface area contributed by atoms with Crippen LogP contribution in [0, 0.1) is 6.20 Å². The third kappa shape index (κ3) is 2.82. The average Bonchev–Trinajstić information content (AvgIpc) is 1.90. The van der Waals surface area contributed by atoms with Crippen molar-refractivity contribution in [2.45, 2.75) is 0 Å². The molecule has 1 aromatic rings. The van der Waals surface area contributed by atoms with Crippen molar-refractivity contribution in [3.05, 3.63) is 24.5 Å². The molecule has 1 radical (unpaired) electrons. The van der Waals surface area contributed by atoms with Crippen molar-refractivity contribution in [3.8, 4) is 0 Å². The summed E-state index contributed by atoms with van der Waals surface area (Å²) in [5.41, 5.74) is 0.576. The first-order valence-electron chi connectivity index (χ1n) is 2.17. The first-order chi connectivity index (χ1) is 3.93. The molecule has 0 aliphatic heterocycles. The summed E-state index contributed by atoms with van der Waals surface area (Å²) in [5.74, 6) is 0. The summed E-state index contributed by atoms with van der Waals surface area (Å²) in [6, 6.07) is 3.48. The SMILES string of the molecule is [CH-]=Nc1[c-]nccc1.[Y]. The van der Waals surface area contributed by atoms with Crippen molar-refractivity contribution in [2.75, 3.05) is 0 Å². The quantitative estimate of drug-likeness (QED) is 0.484. The van der Waals surface area contributed by atoms with Crippen LogP contribution in [0.25, 0.3) is 0 Å². The van der Waals surface area contributed by atoms with Crippen LogP contribution in [0.4, 0.5) is 5.69 Å². The van der Waals surface area contributed by atoms with E-state index in [0.717, 1.165) is 0 Å². The summed E-state index contributed by atoms with van der Waals surface area (Å²) in [6.07, 6.45) is 4.20. The van der Waals surface area contributed by atoms with Gasteiger partial charge < -0.3 is 9.98 Å². The normalized spacial score (nSPS) is 7.56. The molecule has 1 heterocycles. The Kier molecular flexibility index (Phi) is 4.73. The van der Waals surface area contributed by atoms with Crippen molar-refractivity contribution in [1.82, 2.24) is 4.98 Å². The Balaban J connectivity index is 0.000000640. The van der Waals surface area contributed by atoms with Gasteiger partial charge in [-0.15, -0.1) is 0 Å². The second-order valence-corrected chi connectivity index (χ2v) is 1.26. The Morgan fingerprint density at radius 3 is 2.78 bits per heavy atom. The topological polar surface area (TPSA) is 25.2 Å². The van der Waals surface area contributed by atoms with Crippen LogP contribution in [0.3, 0.4) is 0 Å². The largest absolute Gasteiger partial charge is 0.484 e. The summed E-state index contributed by atoms with van der Waals surface area (Å²) in [7, 11) is 0. The molecule has 0 spiro atoms. The third-order valence-corrected chi connectivity index (χ3v) is 0.733. The van der Waals surface area contributed by atoms with E-state index in [1.807, 2.05) is 0 Å². The van der Waals surface area contributed by atoms with E-state index in [4.69, 9.17) is 6.72 Å². The molecule has 0 fully saturated rings. The number of aliphatic imine (C=N–C) groups is 1. The Bertz CT molecular complexity index is 174. The molecule has 43 valence electrons. The molecule has 0 saturated carbocycles. The monoisotopic (exact) mass is 193 g/mol. The van der Waals surface area contributed by atoms with E-state index in [2.05, 4.69) is 16.2 Å². The molecule has 0 N–H and O–H groups in total. The number of nitrogens with zero attached hydrogens (tertiary/aromatic N) is 2. The van der Waals surface area contributed by atoms with Gasteiger partial charge in [0.05, 0.1) is 0 Å². The molecule has 0 aromatic carbocycles. The van der Waals surface area contributed by atoms with E-state index >= 15 is 0 Å². The summed E-state index contributed by atoms with van der Waals surface area (Å²) in [4.78, 5) is 7.01. The molecule has 1 aromatic heterocycles. The Hall–Kier alpha value is -0.0761. The maximum atomic E-state index is 4.90. The Labute approximate surface area is 79.3 Å². The van der Waals surface area contributed by atoms with Gasteiger partial charge in [0.25, 0.3) is 0 Å². The van der Waals surface area contributed by atoms with Crippen LogP contribution in [-0.4, -0.2) is 11.7 Å². The Morgan fingerprint density at radius 1 is 1.67 bits per heavy atom. The van der Waals surface area contributed by atoms with Crippen molar-refractivity contribution in [1.29, 1.82) is 0 Å². The first kappa shape index (κ1) is 8.92. The minimum atomic E-state index is 0. The van der Waals surface area contributed by atoms with Crippen LogP contribution in [-0.2, 0) is 32.7 Å². The van der Waals surface area contributed by atoms with Crippen LogP contribution < -0.4 is 0 Å². The van der Waals surface area contributed by atoms with Gasteiger partial charge in [-0.1, -0.05) is 6.20 Å². The predicted molar refractivity (Wildman–Crippen MR) is 31.2 cm³/mol. The van der Waals surface area contributed by atoms with Gasteiger partial charge in [-0.2, -0.15) is 24.7 Å². The smallest absolute Gasteiger partial charge is 0 e. The zero-order valence-electron chi connectivity index (χ0n) is 4.78. The molecule has 0 amide bonds. The number of pyridine rings is 1. The van der Waals surface area contributed by atoms with Crippen molar-refractivity contribution in [3.63, 3.8) is 0 Å². The van der Waals surface area contributed by atoms with E-state index < -0.39 is 0 Å². The van der Waals surface area contributed by atoms with Gasteiger partial charge in [0.1, 0.15) is 0 Å². The molecule has 9 heavy (non-hydrogen) atoms. The third-order valence-electron chi connectivity index (χ3n) is 0.733. The van der Waals surface area contributed by atoms with Gasteiger partial charge in [0.2, 0.25) is 0 Å². The molecule has 0 saturated heterocycles. The molecule has 0 aliphatic rings. The van der Waals surface area contributed by atoms with Gasteiger partial charge in [0, 0.05) is 32.7 Å². The zero-order chi connectivity index (χ0) is 5.82. The van der Waals surface area contributed by atoms with Crippen molar-refractivity contribution >= 4 is 12.4 Å². The summed E-state index contributed by atoms with van der Waals surface area (Å²) in [5, 5.41) is 0. The van der Waals surface area contributed by atoms with Crippen LogP contribution in [0.1, 0.15) is 0 Å². The molecule has 0 bridgehead atoms. The summed E-state index contributed by atoms with van der Waals surface area (Å²) >= 11 is 0. The number of rotatable bonds is 1. The fourth-order valence-electron chi connectivity index (χ4n) is 0.390.